The molecule has 2 aromatic rings. The lowest BCUT2D eigenvalue weighted by atomic mass is 10.2. The van der Waals surface area contributed by atoms with Crippen LogP contribution in [0, 0.1) is 0 Å². The summed E-state index contributed by atoms with van der Waals surface area (Å²) in [6.45, 7) is 8.14. The van der Waals surface area contributed by atoms with Gasteiger partial charge in [0.25, 0.3) is 0 Å². The summed E-state index contributed by atoms with van der Waals surface area (Å²) in [5.41, 5.74) is 1.09. The molecule has 0 radical (unpaired) electrons. The number of carbonyl (C=O) groups is 1. The number of piperazine rings is 1. The van der Waals surface area contributed by atoms with Crippen molar-refractivity contribution in [1.29, 1.82) is 0 Å². The molecule has 0 saturated carbocycles. The molecule has 1 amide bonds. The summed E-state index contributed by atoms with van der Waals surface area (Å²) in [6, 6.07) is 8.22. The van der Waals surface area contributed by atoms with Crippen LogP contribution in [-0.2, 0) is 16.1 Å². The fraction of sp³-hybridized carbons (Fsp3) is 0.600. The Morgan fingerprint density at radius 2 is 2.15 bits per heavy atom. The average molecular weight is 389 g/mol. The first-order valence-corrected chi connectivity index (χ1v) is 10.7. The molecule has 0 aliphatic carbocycles. The zero-order chi connectivity index (χ0) is 18.6. The molecule has 146 valence electrons. The molecule has 0 bridgehead atoms. The number of hydrogen-bond acceptors (Lipinski definition) is 6. The number of ether oxygens (including phenoxy) is 1. The molecule has 1 N–H and O–H groups in total. The van der Waals surface area contributed by atoms with E-state index >= 15 is 0 Å². The number of para-hydroxylation sites is 1. The third kappa shape index (κ3) is 4.66. The maximum atomic E-state index is 12.4. The zero-order valence-corrected chi connectivity index (χ0v) is 16.7. The van der Waals surface area contributed by atoms with Crippen LogP contribution in [0.15, 0.2) is 24.3 Å². The predicted molar refractivity (Wildman–Crippen MR) is 108 cm³/mol. The van der Waals surface area contributed by atoms with Gasteiger partial charge in [-0.2, -0.15) is 0 Å². The monoisotopic (exact) mass is 388 g/mol. The van der Waals surface area contributed by atoms with E-state index in [4.69, 9.17) is 9.72 Å². The molecule has 1 aromatic heterocycles. The Balaban J connectivity index is 1.23. The van der Waals surface area contributed by atoms with Crippen molar-refractivity contribution in [1.82, 2.24) is 20.1 Å². The normalized spacial score (nSPS) is 22.9. The molecule has 3 heterocycles. The first-order valence-electron chi connectivity index (χ1n) is 9.89. The third-order valence-electron chi connectivity index (χ3n) is 5.56. The second-order valence-corrected chi connectivity index (χ2v) is 8.56. The zero-order valence-electron chi connectivity index (χ0n) is 15.9. The van der Waals surface area contributed by atoms with E-state index in [9.17, 15) is 4.79 Å². The first-order chi connectivity index (χ1) is 13.2. The van der Waals surface area contributed by atoms with Crippen LogP contribution in [0.5, 0.6) is 0 Å². The highest BCUT2D eigenvalue weighted by Gasteiger charge is 2.26. The third-order valence-corrected chi connectivity index (χ3v) is 6.58. The van der Waals surface area contributed by atoms with Gasteiger partial charge in [0.1, 0.15) is 5.01 Å². The molecule has 6 nitrogen and oxygen atoms in total. The summed E-state index contributed by atoms with van der Waals surface area (Å²) in [7, 11) is 0. The van der Waals surface area contributed by atoms with Crippen molar-refractivity contribution in [2.75, 3.05) is 39.3 Å². The summed E-state index contributed by atoms with van der Waals surface area (Å²) in [4.78, 5) is 21.9. The van der Waals surface area contributed by atoms with Gasteiger partial charge in [0.15, 0.2) is 0 Å². The molecule has 2 atom stereocenters. The minimum atomic E-state index is -0.0870. The van der Waals surface area contributed by atoms with Gasteiger partial charge in [-0.25, -0.2) is 4.98 Å². The molecule has 7 heteroatoms. The summed E-state index contributed by atoms with van der Waals surface area (Å²) >= 11 is 1.78. The van der Waals surface area contributed by atoms with Crippen LogP contribution in [0.25, 0.3) is 10.2 Å². The molecule has 2 saturated heterocycles. The molecule has 27 heavy (non-hydrogen) atoms. The Labute approximate surface area is 164 Å². The fourth-order valence-electron chi connectivity index (χ4n) is 3.82. The fourth-order valence-corrected chi connectivity index (χ4v) is 4.83. The van der Waals surface area contributed by atoms with Crippen LogP contribution in [0.3, 0.4) is 0 Å². The van der Waals surface area contributed by atoms with Gasteiger partial charge in [0.05, 0.1) is 28.9 Å². The molecular weight excluding hydrogens is 360 g/mol. The van der Waals surface area contributed by atoms with Gasteiger partial charge >= 0.3 is 0 Å². The lowest BCUT2D eigenvalue weighted by molar-refractivity contribution is -0.127. The number of hydrogen-bond donors (Lipinski definition) is 1. The largest absolute Gasteiger partial charge is 0.376 e. The Bertz CT molecular complexity index is 733. The van der Waals surface area contributed by atoms with Gasteiger partial charge in [-0.1, -0.05) is 12.1 Å². The van der Waals surface area contributed by atoms with Crippen molar-refractivity contribution in [2.24, 2.45) is 0 Å². The molecule has 2 fully saturated rings. The minimum Gasteiger partial charge on any atom is -0.376 e. The van der Waals surface area contributed by atoms with E-state index in [1.54, 1.807) is 11.3 Å². The maximum Gasteiger partial charge on any atom is 0.237 e. The summed E-state index contributed by atoms with van der Waals surface area (Å²) < 4.78 is 6.83. The van der Waals surface area contributed by atoms with Crippen LogP contribution in [0.4, 0.5) is 0 Å². The number of fused-ring (bicyclic) bond motifs is 1. The molecular formula is C20H28N4O2S. The van der Waals surface area contributed by atoms with E-state index in [0.29, 0.717) is 6.54 Å². The second kappa shape index (κ2) is 8.65. The standard InChI is InChI=1S/C20H28N4O2S/c1-15(20(25)21-13-16-5-4-12-26-16)24-10-8-23(9-11-24)14-19-22-17-6-2-3-7-18(17)27-19/h2-3,6-7,15-16H,4-5,8-14H2,1H3,(H,21,25). The van der Waals surface area contributed by atoms with Crippen molar-refractivity contribution < 1.29 is 9.53 Å². The van der Waals surface area contributed by atoms with Gasteiger partial charge in [-0.3, -0.25) is 14.6 Å². The van der Waals surface area contributed by atoms with Crippen LogP contribution in [0.2, 0.25) is 0 Å². The maximum absolute atomic E-state index is 12.4. The number of aromatic nitrogens is 1. The predicted octanol–water partition coefficient (Wildman–Crippen LogP) is 2.10. The van der Waals surface area contributed by atoms with Crippen LogP contribution in [0.1, 0.15) is 24.8 Å². The number of benzene rings is 1. The van der Waals surface area contributed by atoms with Crippen LogP contribution in [-0.4, -0.2) is 72.2 Å². The Hall–Kier alpha value is -1.54. The number of carbonyl (C=O) groups excluding carboxylic acids is 1. The van der Waals surface area contributed by atoms with E-state index in [0.717, 1.165) is 57.7 Å². The summed E-state index contributed by atoms with van der Waals surface area (Å²) in [5, 5.41) is 4.23. The van der Waals surface area contributed by atoms with Crippen LogP contribution < -0.4 is 5.32 Å². The van der Waals surface area contributed by atoms with E-state index in [1.165, 1.54) is 9.71 Å². The number of rotatable bonds is 6. The Morgan fingerprint density at radius 1 is 1.33 bits per heavy atom. The van der Waals surface area contributed by atoms with E-state index < -0.39 is 0 Å². The molecule has 0 spiro atoms. The van der Waals surface area contributed by atoms with Crippen molar-refractivity contribution >= 4 is 27.5 Å². The Morgan fingerprint density at radius 3 is 2.89 bits per heavy atom. The van der Waals surface area contributed by atoms with Crippen LogP contribution >= 0.6 is 11.3 Å². The molecule has 2 aliphatic rings. The number of nitrogens with zero attached hydrogens (tertiary/aromatic N) is 3. The molecule has 1 aromatic carbocycles. The number of nitrogens with one attached hydrogen (secondary N) is 1. The van der Waals surface area contributed by atoms with E-state index in [-0.39, 0.29) is 18.1 Å². The van der Waals surface area contributed by atoms with Crippen molar-refractivity contribution in [2.45, 2.75) is 38.5 Å². The molecule has 2 aliphatic heterocycles. The average Bonchev–Trinajstić information content (AvgIpc) is 3.35. The topological polar surface area (TPSA) is 57.7 Å². The van der Waals surface area contributed by atoms with Gasteiger partial charge < -0.3 is 10.1 Å². The van der Waals surface area contributed by atoms with Crippen molar-refractivity contribution in [3.05, 3.63) is 29.3 Å². The molecule has 4 rings (SSSR count). The van der Waals surface area contributed by atoms with Crippen molar-refractivity contribution in [3.63, 3.8) is 0 Å². The highest BCUT2D eigenvalue weighted by molar-refractivity contribution is 7.18. The van der Waals surface area contributed by atoms with Gasteiger partial charge in [0.2, 0.25) is 5.91 Å². The van der Waals surface area contributed by atoms with Crippen molar-refractivity contribution in [3.8, 4) is 0 Å². The lowest BCUT2D eigenvalue weighted by Gasteiger charge is -2.37. The number of thiazole rings is 1. The first kappa shape index (κ1) is 18.8. The van der Waals surface area contributed by atoms with E-state index in [1.807, 2.05) is 13.0 Å². The Kier molecular flexibility index (Phi) is 6.02. The second-order valence-electron chi connectivity index (χ2n) is 7.44. The molecule has 2 unspecified atom stereocenters. The lowest BCUT2D eigenvalue weighted by Crippen LogP contribution is -2.54. The summed E-state index contributed by atoms with van der Waals surface area (Å²) in [5.74, 6) is 0.116. The van der Waals surface area contributed by atoms with Gasteiger partial charge in [-0.05, 0) is 31.9 Å². The number of amides is 1. The summed E-state index contributed by atoms with van der Waals surface area (Å²) in [6.07, 6.45) is 2.36. The highest BCUT2D eigenvalue weighted by Crippen LogP contribution is 2.23. The van der Waals surface area contributed by atoms with E-state index in [2.05, 4.69) is 33.3 Å². The SMILES string of the molecule is CC(C(=O)NCC1CCCO1)N1CCN(Cc2nc3ccccc3s2)CC1. The smallest absolute Gasteiger partial charge is 0.237 e. The van der Waals surface area contributed by atoms with Gasteiger partial charge in [0, 0.05) is 39.3 Å². The highest BCUT2D eigenvalue weighted by atomic mass is 32.1. The quantitative estimate of drug-likeness (QED) is 0.821. The van der Waals surface area contributed by atoms with Gasteiger partial charge in [-0.15, -0.1) is 11.3 Å². The minimum absolute atomic E-state index is 0.0870.